The summed E-state index contributed by atoms with van der Waals surface area (Å²) in [5.41, 5.74) is 0. The second kappa shape index (κ2) is 3.23. The van der Waals surface area contributed by atoms with Crippen molar-refractivity contribution in [3.63, 3.8) is 0 Å². The van der Waals surface area contributed by atoms with E-state index in [-0.39, 0.29) is 0 Å². The molecular formula is C8H14N4. The molecule has 1 aromatic rings. The molecule has 0 radical (unpaired) electrons. The van der Waals surface area contributed by atoms with Crippen LogP contribution < -0.4 is 5.32 Å². The molecule has 0 unspecified atom stereocenters. The summed E-state index contributed by atoms with van der Waals surface area (Å²) in [5.74, 6) is 1.83. The number of nitrogens with zero attached hydrogens (tertiary/aromatic N) is 2. The van der Waals surface area contributed by atoms with E-state index in [0.717, 1.165) is 18.3 Å². The maximum Gasteiger partial charge on any atom is 0.138 e. The number of hydrogen-bond donors (Lipinski definition) is 2. The fraction of sp³-hybridized carbons (Fsp3) is 0.750. The van der Waals surface area contributed by atoms with Crippen LogP contribution in [0.4, 0.5) is 0 Å². The first kappa shape index (κ1) is 7.73. The van der Waals surface area contributed by atoms with E-state index < -0.39 is 0 Å². The van der Waals surface area contributed by atoms with Crippen LogP contribution in [0, 0.1) is 5.92 Å². The smallest absolute Gasteiger partial charge is 0.138 e. The van der Waals surface area contributed by atoms with E-state index in [1.54, 1.807) is 6.33 Å². The van der Waals surface area contributed by atoms with Crippen LogP contribution in [0.1, 0.15) is 25.6 Å². The Morgan fingerprint density at radius 3 is 3.08 bits per heavy atom. The SMILES string of the molecule is CC1CC(NCc2ncn[nH]2)C1. The van der Waals surface area contributed by atoms with Crippen molar-refractivity contribution in [2.24, 2.45) is 5.92 Å². The van der Waals surface area contributed by atoms with E-state index in [1.165, 1.54) is 12.8 Å². The summed E-state index contributed by atoms with van der Waals surface area (Å²) in [7, 11) is 0. The number of aromatic nitrogens is 3. The van der Waals surface area contributed by atoms with Crippen molar-refractivity contribution in [1.82, 2.24) is 20.5 Å². The van der Waals surface area contributed by atoms with Crippen LogP contribution in [0.25, 0.3) is 0 Å². The average Bonchev–Trinajstić information content (AvgIpc) is 2.47. The van der Waals surface area contributed by atoms with Crippen molar-refractivity contribution in [3.05, 3.63) is 12.2 Å². The summed E-state index contributed by atoms with van der Waals surface area (Å²) < 4.78 is 0. The molecule has 1 aliphatic carbocycles. The van der Waals surface area contributed by atoms with Gasteiger partial charge in [-0.1, -0.05) is 6.92 Å². The number of H-pyrrole nitrogens is 1. The maximum atomic E-state index is 4.04. The van der Waals surface area contributed by atoms with Gasteiger partial charge in [-0.2, -0.15) is 5.10 Å². The van der Waals surface area contributed by atoms with Gasteiger partial charge in [0.15, 0.2) is 0 Å². The average molecular weight is 166 g/mol. The Hall–Kier alpha value is -0.900. The van der Waals surface area contributed by atoms with Crippen molar-refractivity contribution in [2.75, 3.05) is 0 Å². The molecule has 4 nitrogen and oxygen atoms in total. The first-order valence-electron chi connectivity index (χ1n) is 4.42. The van der Waals surface area contributed by atoms with Gasteiger partial charge < -0.3 is 5.32 Å². The van der Waals surface area contributed by atoms with Crippen molar-refractivity contribution in [1.29, 1.82) is 0 Å². The van der Waals surface area contributed by atoms with Crippen molar-refractivity contribution >= 4 is 0 Å². The highest BCUT2D eigenvalue weighted by molar-refractivity contribution is 4.86. The van der Waals surface area contributed by atoms with Crippen LogP contribution in [0.2, 0.25) is 0 Å². The first-order chi connectivity index (χ1) is 5.84. The van der Waals surface area contributed by atoms with Gasteiger partial charge in [-0.15, -0.1) is 0 Å². The topological polar surface area (TPSA) is 53.6 Å². The minimum atomic E-state index is 0.699. The van der Waals surface area contributed by atoms with Crippen LogP contribution >= 0.6 is 0 Å². The van der Waals surface area contributed by atoms with E-state index >= 15 is 0 Å². The lowest BCUT2D eigenvalue weighted by atomic mass is 9.82. The van der Waals surface area contributed by atoms with Gasteiger partial charge >= 0.3 is 0 Å². The van der Waals surface area contributed by atoms with Crippen LogP contribution in [-0.2, 0) is 6.54 Å². The van der Waals surface area contributed by atoms with Gasteiger partial charge in [-0.3, -0.25) is 5.10 Å². The summed E-state index contributed by atoms with van der Waals surface area (Å²) in [5, 5.41) is 10.0. The van der Waals surface area contributed by atoms with Crippen LogP contribution in [0.3, 0.4) is 0 Å². The maximum absolute atomic E-state index is 4.04. The molecule has 1 aliphatic rings. The minimum absolute atomic E-state index is 0.699. The Morgan fingerprint density at radius 2 is 2.50 bits per heavy atom. The normalized spacial score (nSPS) is 28.4. The standard InChI is InChI=1S/C8H14N4/c1-6-2-7(3-6)9-4-8-10-5-11-12-8/h5-7,9H,2-4H2,1H3,(H,10,11,12). The lowest BCUT2D eigenvalue weighted by Crippen LogP contribution is -2.39. The summed E-state index contributed by atoms with van der Waals surface area (Å²) in [6, 6.07) is 0.699. The lowest BCUT2D eigenvalue weighted by Gasteiger charge is -2.33. The monoisotopic (exact) mass is 166 g/mol. The van der Waals surface area contributed by atoms with Crippen LogP contribution in [0.5, 0.6) is 0 Å². The van der Waals surface area contributed by atoms with Gasteiger partial charge in [-0.05, 0) is 18.8 Å². The molecule has 66 valence electrons. The second-order valence-electron chi connectivity index (χ2n) is 3.59. The molecule has 0 amide bonds. The molecule has 4 heteroatoms. The largest absolute Gasteiger partial charge is 0.307 e. The summed E-state index contributed by atoms with van der Waals surface area (Å²) >= 11 is 0. The molecule has 1 saturated carbocycles. The number of rotatable bonds is 3. The van der Waals surface area contributed by atoms with Gasteiger partial charge in [-0.25, -0.2) is 4.98 Å². The molecule has 2 N–H and O–H groups in total. The summed E-state index contributed by atoms with van der Waals surface area (Å²) in [6.07, 6.45) is 4.14. The van der Waals surface area contributed by atoms with Crippen LogP contribution in [0.15, 0.2) is 6.33 Å². The fourth-order valence-electron chi connectivity index (χ4n) is 1.63. The Morgan fingerprint density at radius 1 is 1.67 bits per heavy atom. The zero-order chi connectivity index (χ0) is 8.39. The molecule has 2 rings (SSSR count). The summed E-state index contributed by atoms with van der Waals surface area (Å²) in [6.45, 7) is 3.10. The Labute approximate surface area is 71.8 Å². The molecule has 1 fully saturated rings. The highest BCUT2D eigenvalue weighted by Gasteiger charge is 2.24. The third-order valence-corrected chi connectivity index (χ3v) is 2.40. The molecule has 0 bridgehead atoms. The van der Waals surface area contributed by atoms with E-state index in [2.05, 4.69) is 27.4 Å². The molecule has 0 saturated heterocycles. The Bertz CT molecular complexity index is 225. The van der Waals surface area contributed by atoms with E-state index in [9.17, 15) is 0 Å². The molecule has 1 heterocycles. The molecule has 0 aliphatic heterocycles. The lowest BCUT2D eigenvalue weighted by molar-refractivity contribution is 0.239. The zero-order valence-corrected chi connectivity index (χ0v) is 7.25. The van der Waals surface area contributed by atoms with E-state index in [0.29, 0.717) is 6.04 Å². The van der Waals surface area contributed by atoms with Crippen LogP contribution in [-0.4, -0.2) is 21.2 Å². The number of hydrogen-bond acceptors (Lipinski definition) is 3. The summed E-state index contributed by atoms with van der Waals surface area (Å²) in [4.78, 5) is 4.04. The Balaban J connectivity index is 1.70. The molecule has 0 aromatic carbocycles. The molecule has 0 atom stereocenters. The first-order valence-corrected chi connectivity index (χ1v) is 4.42. The third kappa shape index (κ3) is 1.64. The fourth-order valence-corrected chi connectivity index (χ4v) is 1.63. The van der Waals surface area contributed by atoms with E-state index in [4.69, 9.17) is 0 Å². The quantitative estimate of drug-likeness (QED) is 0.694. The molecule has 12 heavy (non-hydrogen) atoms. The predicted molar refractivity (Wildman–Crippen MR) is 45.4 cm³/mol. The molecule has 0 spiro atoms. The predicted octanol–water partition coefficient (Wildman–Crippen LogP) is 0.693. The Kier molecular flexibility index (Phi) is 2.08. The van der Waals surface area contributed by atoms with Gasteiger partial charge in [0.2, 0.25) is 0 Å². The van der Waals surface area contributed by atoms with Gasteiger partial charge in [0.25, 0.3) is 0 Å². The third-order valence-electron chi connectivity index (χ3n) is 2.40. The number of nitrogens with one attached hydrogen (secondary N) is 2. The van der Waals surface area contributed by atoms with Crippen molar-refractivity contribution in [3.8, 4) is 0 Å². The molecular weight excluding hydrogens is 152 g/mol. The van der Waals surface area contributed by atoms with Gasteiger partial charge in [0.05, 0.1) is 6.54 Å². The minimum Gasteiger partial charge on any atom is -0.307 e. The zero-order valence-electron chi connectivity index (χ0n) is 7.25. The molecule has 1 aromatic heterocycles. The highest BCUT2D eigenvalue weighted by atomic mass is 15.2. The van der Waals surface area contributed by atoms with Gasteiger partial charge in [0.1, 0.15) is 12.2 Å². The second-order valence-corrected chi connectivity index (χ2v) is 3.59. The van der Waals surface area contributed by atoms with Gasteiger partial charge in [0, 0.05) is 6.04 Å². The van der Waals surface area contributed by atoms with E-state index in [1.807, 2.05) is 0 Å². The van der Waals surface area contributed by atoms with Crippen molar-refractivity contribution < 1.29 is 0 Å². The number of aromatic amines is 1. The van der Waals surface area contributed by atoms with Crippen molar-refractivity contribution in [2.45, 2.75) is 32.4 Å². The highest BCUT2D eigenvalue weighted by Crippen LogP contribution is 2.26.